The van der Waals surface area contributed by atoms with E-state index in [1.165, 1.54) is 0 Å². The molecule has 0 aliphatic heterocycles. The van der Waals surface area contributed by atoms with Crippen molar-refractivity contribution in [2.24, 2.45) is 5.92 Å². The molecule has 14 heavy (non-hydrogen) atoms. The Morgan fingerprint density at radius 3 is 2.50 bits per heavy atom. The first-order valence-corrected chi connectivity index (χ1v) is 5.09. The number of aliphatic carboxylic acids is 1. The Labute approximate surface area is 83.7 Å². The van der Waals surface area contributed by atoms with Crippen LogP contribution in [0.15, 0.2) is 0 Å². The van der Waals surface area contributed by atoms with E-state index >= 15 is 0 Å². The maximum atomic E-state index is 11.2. The molecule has 0 radical (unpaired) electrons. The summed E-state index contributed by atoms with van der Waals surface area (Å²) < 4.78 is 0. The number of amides is 1. The number of nitrogens with one attached hydrogen (secondary N) is 1. The molecule has 1 aliphatic rings. The van der Waals surface area contributed by atoms with Crippen LogP contribution in [-0.2, 0) is 9.59 Å². The smallest absolute Gasteiger partial charge is 0.303 e. The zero-order valence-electron chi connectivity index (χ0n) is 8.45. The Balaban J connectivity index is 2.02. The maximum Gasteiger partial charge on any atom is 0.303 e. The van der Waals surface area contributed by atoms with Crippen molar-refractivity contribution < 1.29 is 14.7 Å². The van der Waals surface area contributed by atoms with Crippen molar-refractivity contribution in [1.29, 1.82) is 0 Å². The fourth-order valence-electron chi connectivity index (χ4n) is 1.72. The lowest BCUT2D eigenvalue weighted by Gasteiger charge is -2.33. The van der Waals surface area contributed by atoms with Crippen LogP contribution < -0.4 is 5.32 Å². The van der Waals surface area contributed by atoms with Crippen molar-refractivity contribution in [2.75, 3.05) is 0 Å². The summed E-state index contributed by atoms with van der Waals surface area (Å²) in [5.74, 6) is -0.127. The molecule has 0 atom stereocenters. The second-order valence-electron chi connectivity index (χ2n) is 4.09. The second kappa shape index (κ2) is 4.98. The SMILES string of the molecule is CC1CC(NC(=O)CCCC(=O)O)C1. The van der Waals surface area contributed by atoms with Crippen LogP contribution >= 0.6 is 0 Å². The molecule has 1 aliphatic carbocycles. The molecule has 4 heteroatoms. The molecule has 0 saturated heterocycles. The molecule has 0 bridgehead atoms. The number of carbonyl (C=O) groups excluding carboxylic acids is 1. The van der Waals surface area contributed by atoms with Crippen LogP contribution in [0, 0.1) is 5.92 Å². The largest absolute Gasteiger partial charge is 0.481 e. The van der Waals surface area contributed by atoms with Gasteiger partial charge in [-0.05, 0) is 25.2 Å². The summed E-state index contributed by atoms with van der Waals surface area (Å²) in [7, 11) is 0. The van der Waals surface area contributed by atoms with Crippen molar-refractivity contribution in [3.8, 4) is 0 Å². The van der Waals surface area contributed by atoms with Crippen LogP contribution in [0.25, 0.3) is 0 Å². The quantitative estimate of drug-likeness (QED) is 0.698. The summed E-state index contributed by atoms with van der Waals surface area (Å²) in [4.78, 5) is 21.4. The molecule has 0 aromatic carbocycles. The van der Waals surface area contributed by atoms with Gasteiger partial charge >= 0.3 is 5.97 Å². The summed E-state index contributed by atoms with van der Waals surface area (Å²) in [5, 5.41) is 11.3. The van der Waals surface area contributed by atoms with Gasteiger partial charge in [-0.2, -0.15) is 0 Å². The number of carboxylic acids is 1. The van der Waals surface area contributed by atoms with Crippen LogP contribution in [0.5, 0.6) is 0 Å². The first-order valence-electron chi connectivity index (χ1n) is 5.09. The van der Waals surface area contributed by atoms with E-state index in [0.717, 1.165) is 18.8 Å². The summed E-state index contributed by atoms with van der Waals surface area (Å²) in [6.07, 6.45) is 2.96. The van der Waals surface area contributed by atoms with Gasteiger partial charge in [0.25, 0.3) is 0 Å². The van der Waals surface area contributed by atoms with Crippen molar-refractivity contribution in [1.82, 2.24) is 5.32 Å². The molecule has 1 rings (SSSR count). The maximum absolute atomic E-state index is 11.2. The molecule has 0 spiro atoms. The molecule has 0 aromatic heterocycles. The highest BCUT2D eigenvalue weighted by Crippen LogP contribution is 2.26. The van der Waals surface area contributed by atoms with Gasteiger partial charge in [0.1, 0.15) is 0 Å². The lowest BCUT2D eigenvalue weighted by Crippen LogP contribution is -2.43. The minimum absolute atomic E-state index is 0.0110. The van der Waals surface area contributed by atoms with Crippen LogP contribution in [0.1, 0.15) is 39.0 Å². The summed E-state index contributed by atoms with van der Waals surface area (Å²) >= 11 is 0. The lowest BCUT2D eigenvalue weighted by molar-refractivity contribution is -0.137. The number of hydrogen-bond acceptors (Lipinski definition) is 2. The van der Waals surface area contributed by atoms with Gasteiger partial charge < -0.3 is 10.4 Å². The minimum Gasteiger partial charge on any atom is -0.481 e. The van der Waals surface area contributed by atoms with E-state index in [1.807, 2.05) is 0 Å². The number of rotatable bonds is 5. The highest BCUT2D eigenvalue weighted by Gasteiger charge is 2.26. The first kappa shape index (κ1) is 11.0. The zero-order valence-corrected chi connectivity index (χ0v) is 8.45. The molecule has 1 fully saturated rings. The van der Waals surface area contributed by atoms with E-state index < -0.39 is 5.97 Å². The third kappa shape index (κ3) is 3.77. The Kier molecular flexibility index (Phi) is 3.92. The molecular weight excluding hydrogens is 182 g/mol. The molecule has 0 unspecified atom stereocenters. The third-order valence-electron chi connectivity index (χ3n) is 2.53. The Morgan fingerprint density at radius 1 is 1.36 bits per heavy atom. The molecule has 4 nitrogen and oxygen atoms in total. The fourth-order valence-corrected chi connectivity index (χ4v) is 1.72. The van der Waals surface area contributed by atoms with Gasteiger partial charge in [0.15, 0.2) is 0 Å². The number of hydrogen-bond donors (Lipinski definition) is 2. The third-order valence-corrected chi connectivity index (χ3v) is 2.53. The molecule has 0 heterocycles. The topological polar surface area (TPSA) is 66.4 Å². The van der Waals surface area contributed by atoms with Crippen molar-refractivity contribution in [3.63, 3.8) is 0 Å². The van der Waals surface area contributed by atoms with Crippen LogP contribution in [0.2, 0.25) is 0 Å². The van der Waals surface area contributed by atoms with Crippen LogP contribution in [0.4, 0.5) is 0 Å². The molecule has 1 saturated carbocycles. The van der Waals surface area contributed by atoms with E-state index in [9.17, 15) is 9.59 Å². The lowest BCUT2D eigenvalue weighted by atomic mass is 9.82. The van der Waals surface area contributed by atoms with Gasteiger partial charge in [0.2, 0.25) is 5.91 Å². The molecule has 2 N–H and O–H groups in total. The predicted octanol–water partition coefficient (Wildman–Crippen LogP) is 1.16. The van der Waals surface area contributed by atoms with Gasteiger partial charge in [-0.1, -0.05) is 6.92 Å². The Bertz CT molecular complexity index is 221. The highest BCUT2D eigenvalue weighted by molar-refractivity contribution is 5.77. The van der Waals surface area contributed by atoms with Crippen molar-refractivity contribution >= 4 is 11.9 Å². The normalized spacial score (nSPS) is 25.2. The fraction of sp³-hybridized carbons (Fsp3) is 0.800. The van der Waals surface area contributed by atoms with E-state index in [4.69, 9.17) is 5.11 Å². The molecule has 0 aromatic rings. The predicted molar refractivity (Wildman–Crippen MR) is 51.8 cm³/mol. The van der Waals surface area contributed by atoms with Gasteiger partial charge in [0.05, 0.1) is 0 Å². The summed E-state index contributed by atoms with van der Waals surface area (Å²) in [6, 6.07) is 0.335. The van der Waals surface area contributed by atoms with Crippen molar-refractivity contribution in [3.05, 3.63) is 0 Å². The minimum atomic E-state index is -0.838. The Hall–Kier alpha value is -1.06. The number of carboxylic acid groups (broad SMARTS) is 1. The van der Waals surface area contributed by atoms with Gasteiger partial charge in [0, 0.05) is 18.9 Å². The Morgan fingerprint density at radius 2 is 2.00 bits per heavy atom. The van der Waals surface area contributed by atoms with Crippen molar-refractivity contribution in [2.45, 2.75) is 45.1 Å². The molecule has 80 valence electrons. The van der Waals surface area contributed by atoms with Gasteiger partial charge in [-0.15, -0.1) is 0 Å². The number of carbonyl (C=O) groups is 2. The zero-order chi connectivity index (χ0) is 10.6. The average Bonchev–Trinajstić information content (AvgIpc) is 2.00. The average molecular weight is 199 g/mol. The van der Waals surface area contributed by atoms with E-state index in [0.29, 0.717) is 18.9 Å². The van der Waals surface area contributed by atoms with E-state index in [-0.39, 0.29) is 12.3 Å². The molecular formula is C10H17NO3. The highest BCUT2D eigenvalue weighted by atomic mass is 16.4. The van der Waals surface area contributed by atoms with Gasteiger partial charge in [-0.3, -0.25) is 9.59 Å². The monoisotopic (exact) mass is 199 g/mol. The standard InChI is InChI=1S/C10H17NO3/c1-7-5-8(6-7)11-9(12)3-2-4-10(13)14/h7-8H,2-6H2,1H3,(H,11,12)(H,13,14). The summed E-state index contributed by atoms with van der Waals surface area (Å²) in [5.41, 5.74) is 0. The van der Waals surface area contributed by atoms with E-state index in [2.05, 4.69) is 12.2 Å². The summed E-state index contributed by atoms with van der Waals surface area (Å²) in [6.45, 7) is 2.16. The van der Waals surface area contributed by atoms with Crippen LogP contribution in [-0.4, -0.2) is 23.0 Å². The first-order chi connectivity index (χ1) is 6.58. The second-order valence-corrected chi connectivity index (χ2v) is 4.09. The van der Waals surface area contributed by atoms with Crippen LogP contribution in [0.3, 0.4) is 0 Å². The van der Waals surface area contributed by atoms with E-state index in [1.54, 1.807) is 0 Å². The molecule has 1 amide bonds. The van der Waals surface area contributed by atoms with Gasteiger partial charge in [-0.25, -0.2) is 0 Å².